The Hall–Kier alpha value is -3.78. The lowest BCUT2D eigenvalue weighted by atomic mass is 9.99. The van der Waals surface area contributed by atoms with Crippen LogP contribution in [0.15, 0.2) is 66.9 Å². The van der Waals surface area contributed by atoms with Crippen molar-refractivity contribution in [3.63, 3.8) is 0 Å². The lowest BCUT2D eigenvalue weighted by molar-refractivity contribution is 0.0746. The predicted molar refractivity (Wildman–Crippen MR) is 134 cm³/mol. The SMILES string of the molecule is O=C(c1ccccc1)N1CCN(c2nc(C3CCOCC3)nc3c2cnn3-c2ccccc2)CC1. The molecule has 2 fully saturated rings. The molecule has 2 aliphatic rings. The highest BCUT2D eigenvalue weighted by atomic mass is 16.5. The summed E-state index contributed by atoms with van der Waals surface area (Å²) >= 11 is 0. The van der Waals surface area contributed by atoms with Gasteiger partial charge in [-0.2, -0.15) is 5.10 Å². The van der Waals surface area contributed by atoms with Gasteiger partial charge in [0.2, 0.25) is 0 Å². The Morgan fingerprint density at radius 1 is 0.857 bits per heavy atom. The zero-order chi connectivity index (χ0) is 23.6. The average molecular weight is 469 g/mol. The van der Waals surface area contributed by atoms with Crippen LogP contribution >= 0.6 is 0 Å². The Morgan fingerprint density at radius 3 is 2.26 bits per heavy atom. The number of rotatable bonds is 4. The second-order valence-electron chi connectivity index (χ2n) is 9.07. The highest BCUT2D eigenvalue weighted by Gasteiger charge is 2.27. The van der Waals surface area contributed by atoms with Gasteiger partial charge < -0.3 is 14.5 Å². The summed E-state index contributed by atoms with van der Waals surface area (Å²) in [6, 6.07) is 19.6. The fourth-order valence-electron chi connectivity index (χ4n) is 4.93. The molecule has 2 saturated heterocycles. The fraction of sp³-hybridized carbons (Fsp3) is 0.333. The van der Waals surface area contributed by atoms with Gasteiger partial charge in [-0.05, 0) is 37.1 Å². The Balaban J connectivity index is 1.33. The van der Waals surface area contributed by atoms with Gasteiger partial charge in [-0.25, -0.2) is 14.6 Å². The highest BCUT2D eigenvalue weighted by Crippen LogP contribution is 2.31. The van der Waals surface area contributed by atoms with E-state index in [0.29, 0.717) is 26.2 Å². The topological polar surface area (TPSA) is 76.4 Å². The van der Waals surface area contributed by atoms with Gasteiger partial charge in [0, 0.05) is 50.9 Å². The highest BCUT2D eigenvalue weighted by molar-refractivity contribution is 5.94. The minimum absolute atomic E-state index is 0.0814. The Bertz CT molecular complexity index is 1310. The fourth-order valence-corrected chi connectivity index (χ4v) is 4.93. The summed E-state index contributed by atoms with van der Waals surface area (Å²) in [5.41, 5.74) is 2.53. The number of para-hydroxylation sites is 1. The number of piperazine rings is 1. The van der Waals surface area contributed by atoms with Gasteiger partial charge in [0.15, 0.2) is 5.65 Å². The van der Waals surface area contributed by atoms with Crippen molar-refractivity contribution in [3.8, 4) is 5.69 Å². The number of carbonyl (C=O) groups excluding carboxylic acids is 1. The molecule has 6 rings (SSSR count). The normalized spacial score (nSPS) is 17.1. The zero-order valence-corrected chi connectivity index (χ0v) is 19.6. The van der Waals surface area contributed by atoms with Crippen LogP contribution in [0, 0.1) is 0 Å². The van der Waals surface area contributed by atoms with Crippen LogP contribution in [0.5, 0.6) is 0 Å². The number of amides is 1. The van der Waals surface area contributed by atoms with Gasteiger partial charge in [0.25, 0.3) is 5.91 Å². The third kappa shape index (κ3) is 4.25. The summed E-state index contributed by atoms with van der Waals surface area (Å²) < 4.78 is 7.48. The third-order valence-electron chi connectivity index (χ3n) is 6.90. The monoisotopic (exact) mass is 468 g/mol. The lowest BCUT2D eigenvalue weighted by Crippen LogP contribution is -2.49. The first kappa shape index (κ1) is 21.7. The molecular formula is C27H28N6O2. The summed E-state index contributed by atoms with van der Waals surface area (Å²) in [7, 11) is 0. The standard InChI is InChI=1S/C27H28N6O2/c34-27(21-7-3-1-4-8-21)32-15-13-31(14-16-32)25-23-19-28-33(22-9-5-2-6-10-22)26(23)30-24(29-25)20-11-17-35-18-12-20/h1-10,19-20H,11-18H2. The summed E-state index contributed by atoms with van der Waals surface area (Å²) in [4.78, 5) is 27.2. The van der Waals surface area contributed by atoms with Crippen LogP contribution < -0.4 is 4.90 Å². The number of hydrogen-bond acceptors (Lipinski definition) is 6. The van der Waals surface area contributed by atoms with Crippen molar-refractivity contribution in [1.82, 2.24) is 24.6 Å². The smallest absolute Gasteiger partial charge is 0.253 e. The molecule has 0 saturated carbocycles. The van der Waals surface area contributed by atoms with E-state index in [-0.39, 0.29) is 11.8 Å². The molecule has 0 bridgehead atoms. The molecule has 0 unspecified atom stereocenters. The summed E-state index contributed by atoms with van der Waals surface area (Å²) in [6.07, 6.45) is 3.71. The summed E-state index contributed by atoms with van der Waals surface area (Å²) in [6.45, 7) is 4.21. The number of benzene rings is 2. The maximum atomic E-state index is 12.9. The number of aromatic nitrogens is 4. The maximum Gasteiger partial charge on any atom is 0.253 e. The van der Waals surface area contributed by atoms with E-state index in [2.05, 4.69) is 10.00 Å². The van der Waals surface area contributed by atoms with Gasteiger partial charge in [-0.1, -0.05) is 36.4 Å². The van der Waals surface area contributed by atoms with E-state index in [1.807, 2.05) is 76.4 Å². The minimum atomic E-state index is 0.0814. The lowest BCUT2D eigenvalue weighted by Gasteiger charge is -2.36. The molecule has 4 aromatic rings. The zero-order valence-electron chi connectivity index (χ0n) is 19.6. The van der Waals surface area contributed by atoms with Gasteiger partial charge in [-0.3, -0.25) is 4.79 Å². The first-order valence-corrected chi connectivity index (χ1v) is 12.3. The van der Waals surface area contributed by atoms with E-state index in [4.69, 9.17) is 14.7 Å². The predicted octanol–water partition coefficient (Wildman–Crippen LogP) is 3.67. The number of carbonyl (C=O) groups is 1. The van der Waals surface area contributed by atoms with Crippen molar-refractivity contribution in [2.45, 2.75) is 18.8 Å². The minimum Gasteiger partial charge on any atom is -0.381 e. The van der Waals surface area contributed by atoms with Crippen molar-refractivity contribution < 1.29 is 9.53 Å². The van der Waals surface area contributed by atoms with Gasteiger partial charge in [0.1, 0.15) is 11.6 Å². The molecule has 1 amide bonds. The maximum absolute atomic E-state index is 12.9. The summed E-state index contributed by atoms with van der Waals surface area (Å²) in [5.74, 6) is 2.12. The van der Waals surface area contributed by atoms with Crippen LogP contribution in [0.1, 0.15) is 34.9 Å². The van der Waals surface area contributed by atoms with Crippen molar-refractivity contribution in [1.29, 1.82) is 0 Å². The Labute approximate surface area is 204 Å². The molecule has 0 spiro atoms. The van der Waals surface area contributed by atoms with E-state index in [1.54, 1.807) is 0 Å². The number of anilines is 1. The molecule has 2 aromatic heterocycles. The second-order valence-corrected chi connectivity index (χ2v) is 9.07. The van der Waals surface area contributed by atoms with Crippen LogP contribution in [0.3, 0.4) is 0 Å². The summed E-state index contributed by atoms with van der Waals surface area (Å²) in [5, 5.41) is 5.63. The number of ether oxygens (including phenoxy) is 1. The molecule has 35 heavy (non-hydrogen) atoms. The molecular weight excluding hydrogens is 440 g/mol. The molecule has 0 atom stereocenters. The van der Waals surface area contributed by atoms with Crippen LogP contribution in [0.4, 0.5) is 5.82 Å². The molecule has 2 aromatic carbocycles. The van der Waals surface area contributed by atoms with Crippen molar-refractivity contribution in [2.75, 3.05) is 44.3 Å². The van der Waals surface area contributed by atoms with Crippen molar-refractivity contribution >= 4 is 22.8 Å². The second kappa shape index (κ2) is 9.46. The van der Waals surface area contributed by atoms with E-state index in [1.165, 1.54) is 0 Å². The molecule has 0 N–H and O–H groups in total. The number of fused-ring (bicyclic) bond motifs is 1. The molecule has 0 radical (unpaired) electrons. The molecule has 4 heterocycles. The number of hydrogen-bond donors (Lipinski definition) is 0. The molecule has 8 nitrogen and oxygen atoms in total. The molecule has 2 aliphatic heterocycles. The molecule has 8 heteroatoms. The molecule has 0 aliphatic carbocycles. The van der Waals surface area contributed by atoms with Crippen LogP contribution in [-0.2, 0) is 4.74 Å². The van der Waals surface area contributed by atoms with Gasteiger partial charge >= 0.3 is 0 Å². The quantitative estimate of drug-likeness (QED) is 0.455. The number of nitrogens with zero attached hydrogens (tertiary/aromatic N) is 6. The van der Waals surface area contributed by atoms with E-state index in [0.717, 1.165) is 60.0 Å². The van der Waals surface area contributed by atoms with E-state index < -0.39 is 0 Å². The van der Waals surface area contributed by atoms with Crippen molar-refractivity contribution in [3.05, 3.63) is 78.2 Å². The Kier molecular flexibility index (Phi) is 5.88. The van der Waals surface area contributed by atoms with Crippen molar-refractivity contribution in [2.24, 2.45) is 0 Å². The van der Waals surface area contributed by atoms with E-state index in [9.17, 15) is 4.79 Å². The van der Waals surface area contributed by atoms with Crippen LogP contribution in [-0.4, -0.2) is 69.9 Å². The Morgan fingerprint density at radius 2 is 1.54 bits per heavy atom. The van der Waals surface area contributed by atoms with Gasteiger partial charge in [-0.15, -0.1) is 0 Å². The average Bonchev–Trinajstić information content (AvgIpc) is 3.38. The largest absolute Gasteiger partial charge is 0.381 e. The van der Waals surface area contributed by atoms with E-state index >= 15 is 0 Å². The molecule has 178 valence electrons. The van der Waals surface area contributed by atoms with Gasteiger partial charge in [0.05, 0.1) is 17.3 Å². The van der Waals surface area contributed by atoms with Crippen LogP contribution in [0.2, 0.25) is 0 Å². The van der Waals surface area contributed by atoms with Crippen LogP contribution in [0.25, 0.3) is 16.7 Å². The first-order chi connectivity index (χ1) is 17.3. The third-order valence-corrected chi connectivity index (χ3v) is 6.90. The first-order valence-electron chi connectivity index (χ1n) is 12.3.